The van der Waals surface area contributed by atoms with Crippen LogP contribution >= 0.6 is 0 Å². The molecule has 6 nitrogen and oxygen atoms in total. The van der Waals surface area contributed by atoms with Crippen molar-refractivity contribution in [3.05, 3.63) is 0 Å². The minimum absolute atomic E-state index is 0.0545. The lowest BCUT2D eigenvalue weighted by Gasteiger charge is -2.28. The van der Waals surface area contributed by atoms with Crippen LogP contribution in [0.1, 0.15) is 45.4 Å². The maximum atomic E-state index is 11.9. The molecule has 1 aliphatic carbocycles. The lowest BCUT2D eigenvalue weighted by atomic mass is 9.88. The molecule has 0 unspecified atom stereocenters. The van der Waals surface area contributed by atoms with Crippen molar-refractivity contribution in [3.63, 3.8) is 0 Å². The predicted octanol–water partition coefficient (Wildman–Crippen LogP) is 1.31. The molecule has 118 valence electrons. The Labute approximate surface area is 125 Å². The molecule has 1 saturated carbocycles. The number of rotatable bonds is 5. The van der Waals surface area contributed by atoms with Crippen molar-refractivity contribution in [2.45, 2.75) is 51.6 Å². The fraction of sp³-hybridized carbons (Fsp3) is 0.800. The molecule has 2 atom stereocenters. The van der Waals surface area contributed by atoms with Crippen LogP contribution in [0, 0.1) is 5.92 Å². The minimum Gasteiger partial charge on any atom is -0.376 e. The first kappa shape index (κ1) is 15.9. The van der Waals surface area contributed by atoms with Gasteiger partial charge in [0.05, 0.1) is 12.7 Å². The number of amides is 2. The fourth-order valence-electron chi connectivity index (χ4n) is 2.84. The average molecular weight is 295 g/mol. The molecule has 0 bridgehead atoms. The number of carbonyl (C=O) groups excluding carboxylic acids is 2. The van der Waals surface area contributed by atoms with E-state index in [-0.39, 0.29) is 11.8 Å². The summed E-state index contributed by atoms with van der Waals surface area (Å²) in [5.74, 6) is 0.354. The molecule has 0 aromatic rings. The second kappa shape index (κ2) is 7.54. The van der Waals surface area contributed by atoms with Gasteiger partial charge in [0, 0.05) is 26.4 Å². The van der Waals surface area contributed by atoms with Crippen molar-refractivity contribution in [2.24, 2.45) is 11.0 Å². The summed E-state index contributed by atoms with van der Waals surface area (Å²) in [5, 5.41) is 8.04. The summed E-state index contributed by atoms with van der Waals surface area (Å²) in [7, 11) is 1.57. The van der Waals surface area contributed by atoms with Crippen molar-refractivity contribution in [1.82, 2.24) is 10.3 Å². The zero-order valence-electron chi connectivity index (χ0n) is 12.9. The first-order valence-electron chi connectivity index (χ1n) is 7.81. The number of nitrogens with one attached hydrogen (secondary N) is 1. The molecule has 21 heavy (non-hydrogen) atoms. The van der Waals surface area contributed by atoms with E-state index in [9.17, 15) is 9.59 Å². The topological polar surface area (TPSA) is 71.0 Å². The third-order valence-corrected chi connectivity index (χ3v) is 4.22. The molecule has 6 heteroatoms. The van der Waals surface area contributed by atoms with Gasteiger partial charge in [0.25, 0.3) is 5.91 Å². The standard InChI is InChI=1S/C15H25N3O3/c1-11-5-3-4-6-13(11)21-10-9-16-15(20)12-7-8-14(19)18(2)17-12/h11,13H,3-10H2,1-2H3,(H,16,20)/t11-,13+/m1/s1. The van der Waals surface area contributed by atoms with Gasteiger partial charge in [-0.3, -0.25) is 9.59 Å². The van der Waals surface area contributed by atoms with E-state index in [0.717, 1.165) is 6.42 Å². The van der Waals surface area contributed by atoms with E-state index in [2.05, 4.69) is 17.3 Å². The largest absolute Gasteiger partial charge is 0.376 e. The Morgan fingerprint density at radius 3 is 2.86 bits per heavy atom. The highest BCUT2D eigenvalue weighted by Gasteiger charge is 2.23. The third-order valence-electron chi connectivity index (χ3n) is 4.22. The number of hydrazone groups is 1. The smallest absolute Gasteiger partial charge is 0.267 e. The molecule has 1 N–H and O–H groups in total. The molecule has 0 aromatic heterocycles. The van der Waals surface area contributed by atoms with Gasteiger partial charge in [-0.25, -0.2) is 5.01 Å². The zero-order valence-corrected chi connectivity index (χ0v) is 12.9. The van der Waals surface area contributed by atoms with E-state index < -0.39 is 0 Å². The summed E-state index contributed by atoms with van der Waals surface area (Å²) in [4.78, 5) is 23.2. The second-order valence-corrected chi connectivity index (χ2v) is 5.89. The Morgan fingerprint density at radius 2 is 2.14 bits per heavy atom. The van der Waals surface area contributed by atoms with Crippen LogP contribution in [0.4, 0.5) is 0 Å². The van der Waals surface area contributed by atoms with E-state index >= 15 is 0 Å². The van der Waals surface area contributed by atoms with Crippen LogP contribution in [0.25, 0.3) is 0 Å². The first-order chi connectivity index (χ1) is 10.1. The normalized spacial score (nSPS) is 26.5. The molecular weight excluding hydrogens is 270 g/mol. The number of hydrogen-bond acceptors (Lipinski definition) is 4. The molecule has 1 aliphatic heterocycles. The van der Waals surface area contributed by atoms with Crippen LogP contribution in [-0.4, -0.2) is 48.8 Å². The minimum atomic E-state index is -0.199. The summed E-state index contributed by atoms with van der Waals surface area (Å²) < 4.78 is 5.85. The molecule has 0 aromatic carbocycles. The van der Waals surface area contributed by atoms with Gasteiger partial charge in [0.2, 0.25) is 5.91 Å². The molecule has 0 radical (unpaired) electrons. The van der Waals surface area contributed by atoms with Crippen LogP contribution in [0.3, 0.4) is 0 Å². The van der Waals surface area contributed by atoms with E-state index in [1.807, 2.05) is 0 Å². The SMILES string of the molecule is C[C@@H]1CCCC[C@@H]1OCCNC(=O)C1=NN(C)C(=O)CC1. The Bertz CT molecular complexity index is 422. The van der Waals surface area contributed by atoms with Gasteiger partial charge in [0.15, 0.2) is 0 Å². The van der Waals surface area contributed by atoms with Gasteiger partial charge < -0.3 is 10.1 Å². The summed E-state index contributed by atoms with van der Waals surface area (Å²) in [6, 6.07) is 0. The van der Waals surface area contributed by atoms with Crippen molar-refractivity contribution in [3.8, 4) is 0 Å². The molecule has 1 fully saturated rings. The second-order valence-electron chi connectivity index (χ2n) is 5.89. The number of ether oxygens (including phenoxy) is 1. The number of nitrogens with zero attached hydrogens (tertiary/aromatic N) is 2. The Kier molecular flexibility index (Phi) is 5.73. The zero-order chi connectivity index (χ0) is 15.2. The van der Waals surface area contributed by atoms with Crippen molar-refractivity contribution >= 4 is 17.5 Å². The van der Waals surface area contributed by atoms with Crippen LogP contribution in [0.2, 0.25) is 0 Å². The van der Waals surface area contributed by atoms with E-state index in [1.165, 1.54) is 24.3 Å². The van der Waals surface area contributed by atoms with Gasteiger partial charge in [-0.2, -0.15) is 5.10 Å². The van der Waals surface area contributed by atoms with Crippen LogP contribution < -0.4 is 5.32 Å². The number of carbonyl (C=O) groups is 2. The highest BCUT2D eigenvalue weighted by molar-refractivity contribution is 6.39. The molecular formula is C15H25N3O3. The average Bonchev–Trinajstić information content (AvgIpc) is 2.48. The Morgan fingerprint density at radius 1 is 1.38 bits per heavy atom. The van der Waals surface area contributed by atoms with E-state index in [1.54, 1.807) is 7.05 Å². The lowest BCUT2D eigenvalue weighted by Crippen LogP contribution is -2.39. The molecule has 2 amide bonds. The third kappa shape index (κ3) is 4.52. The predicted molar refractivity (Wildman–Crippen MR) is 79.8 cm³/mol. The molecule has 1 heterocycles. The van der Waals surface area contributed by atoms with Crippen molar-refractivity contribution in [2.75, 3.05) is 20.2 Å². The van der Waals surface area contributed by atoms with Crippen molar-refractivity contribution < 1.29 is 14.3 Å². The maximum Gasteiger partial charge on any atom is 0.267 e. The van der Waals surface area contributed by atoms with Crippen LogP contribution in [-0.2, 0) is 14.3 Å². The lowest BCUT2D eigenvalue weighted by molar-refractivity contribution is -0.130. The molecule has 2 aliphatic rings. The molecule has 0 saturated heterocycles. The molecule has 2 rings (SSSR count). The summed E-state index contributed by atoms with van der Waals surface area (Å²) in [6.45, 7) is 3.24. The Hall–Kier alpha value is -1.43. The summed E-state index contributed by atoms with van der Waals surface area (Å²) in [6.07, 6.45) is 5.96. The highest BCUT2D eigenvalue weighted by atomic mass is 16.5. The van der Waals surface area contributed by atoms with E-state index in [0.29, 0.717) is 43.7 Å². The van der Waals surface area contributed by atoms with Gasteiger partial charge in [-0.05, 0) is 18.8 Å². The summed E-state index contributed by atoms with van der Waals surface area (Å²) in [5.41, 5.74) is 0.420. The maximum absolute atomic E-state index is 11.9. The van der Waals surface area contributed by atoms with Crippen LogP contribution in [0.15, 0.2) is 5.10 Å². The van der Waals surface area contributed by atoms with Gasteiger partial charge in [-0.1, -0.05) is 19.8 Å². The first-order valence-corrected chi connectivity index (χ1v) is 7.81. The number of hydrogen-bond donors (Lipinski definition) is 1. The van der Waals surface area contributed by atoms with Crippen LogP contribution in [0.5, 0.6) is 0 Å². The Balaban J connectivity index is 1.67. The quantitative estimate of drug-likeness (QED) is 0.777. The highest BCUT2D eigenvalue weighted by Crippen LogP contribution is 2.25. The van der Waals surface area contributed by atoms with Gasteiger partial charge in [-0.15, -0.1) is 0 Å². The summed E-state index contributed by atoms with van der Waals surface area (Å²) >= 11 is 0. The fourth-order valence-corrected chi connectivity index (χ4v) is 2.84. The van der Waals surface area contributed by atoms with E-state index in [4.69, 9.17) is 4.74 Å². The van der Waals surface area contributed by atoms with Gasteiger partial charge >= 0.3 is 0 Å². The monoisotopic (exact) mass is 295 g/mol. The van der Waals surface area contributed by atoms with Crippen molar-refractivity contribution in [1.29, 1.82) is 0 Å². The van der Waals surface area contributed by atoms with Gasteiger partial charge in [0.1, 0.15) is 5.71 Å². The molecule has 0 spiro atoms.